The molecule has 0 atom stereocenters. The van der Waals surface area contributed by atoms with Crippen molar-refractivity contribution in [1.82, 2.24) is 9.29 Å². The van der Waals surface area contributed by atoms with Gasteiger partial charge in [-0.05, 0) is 30.7 Å². The Labute approximate surface area is 129 Å². The lowest BCUT2D eigenvalue weighted by atomic mass is 10.3. The van der Waals surface area contributed by atoms with Crippen LogP contribution in [0, 0.1) is 5.95 Å². The van der Waals surface area contributed by atoms with E-state index in [4.69, 9.17) is 0 Å². The zero-order valence-electron chi connectivity index (χ0n) is 11.9. The van der Waals surface area contributed by atoms with Crippen LogP contribution in [0.4, 0.5) is 10.1 Å². The van der Waals surface area contributed by atoms with E-state index in [-0.39, 0.29) is 6.54 Å². The normalized spacial score (nSPS) is 18.3. The molecule has 0 bridgehead atoms. The highest BCUT2D eigenvalue weighted by atomic mass is 32.2. The summed E-state index contributed by atoms with van der Waals surface area (Å²) in [5.74, 6) is -0.605. The second-order valence-corrected chi connectivity index (χ2v) is 6.91. The number of hydrogen-bond acceptors (Lipinski definition) is 3. The molecule has 0 unspecified atom stereocenters. The zero-order valence-corrected chi connectivity index (χ0v) is 12.7. The second-order valence-electron chi connectivity index (χ2n) is 5.05. The molecule has 7 heteroatoms. The minimum Gasteiger partial charge on any atom is -0.258 e. The molecule has 1 aliphatic rings. The van der Waals surface area contributed by atoms with Crippen LogP contribution >= 0.6 is 0 Å². The van der Waals surface area contributed by atoms with Crippen molar-refractivity contribution < 1.29 is 12.8 Å². The van der Waals surface area contributed by atoms with E-state index in [1.807, 2.05) is 6.07 Å². The first-order chi connectivity index (χ1) is 10.6. The lowest BCUT2D eigenvalue weighted by Gasteiger charge is -2.35. The average molecular weight is 321 g/mol. The van der Waals surface area contributed by atoms with Crippen molar-refractivity contribution in [2.24, 2.45) is 0 Å². The molecule has 0 N–H and O–H groups in total. The molecule has 0 spiro atoms. The summed E-state index contributed by atoms with van der Waals surface area (Å²) < 4.78 is 41.4. The summed E-state index contributed by atoms with van der Waals surface area (Å²) in [6, 6.07) is 13.4. The van der Waals surface area contributed by atoms with E-state index in [1.165, 1.54) is 20.7 Å². The quantitative estimate of drug-likeness (QED) is 0.814. The van der Waals surface area contributed by atoms with Crippen LogP contribution in [0.3, 0.4) is 0 Å². The van der Waals surface area contributed by atoms with Crippen molar-refractivity contribution in [3.05, 3.63) is 60.2 Å². The van der Waals surface area contributed by atoms with Gasteiger partial charge in [-0.15, -0.1) is 0 Å². The van der Waals surface area contributed by atoms with Gasteiger partial charge in [0.15, 0.2) is 0 Å². The highest BCUT2D eigenvalue weighted by Crippen LogP contribution is 2.25. The van der Waals surface area contributed by atoms with E-state index in [0.717, 1.165) is 0 Å². The van der Waals surface area contributed by atoms with Gasteiger partial charge in [0.25, 0.3) is 0 Å². The molecule has 1 aromatic carbocycles. The van der Waals surface area contributed by atoms with Crippen LogP contribution in [-0.2, 0) is 16.8 Å². The number of para-hydroxylation sites is 1. The minimum atomic E-state index is -3.62. The molecule has 2 aromatic rings. The molecule has 1 saturated heterocycles. The Balaban J connectivity index is 1.86. The van der Waals surface area contributed by atoms with Crippen molar-refractivity contribution in [3.63, 3.8) is 0 Å². The van der Waals surface area contributed by atoms with Gasteiger partial charge in [-0.25, -0.2) is 4.98 Å². The molecular formula is C15H16FN3O2S. The van der Waals surface area contributed by atoms with Crippen LogP contribution in [0.5, 0.6) is 0 Å². The summed E-state index contributed by atoms with van der Waals surface area (Å²) >= 11 is 0. The summed E-state index contributed by atoms with van der Waals surface area (Å²) in [6.07, 6.45) is 0.712. The summed E-state index contributed by atoms with van der Waals surface area (Å²) in [6.45, 7) is 0.923. The molecule has 1 aromatic heterocycles. The first-order valence-electron chi connectivity index (χ1n) is 7.02. The van der Waals surface area contributed by atoms with Crippen molar-refractivity contribution in [2.45, 2.75) is 13.0 Å². The fourth-order valence-corrected chi connectivity index (χ4v) is 4.18. The Morgan fingerprint density at radius 2 is 1.82 bits per heavy atom. The van der Waals surface area contributed by atoms with Gasteiger partial charge in [-0.3, -0.25) is 4.31 Å². The van der Waals surface area contributed by atoms with Gasteiger partial charge in [0.05, 0.1) is 17.9 Å². The molecule has 1 aliphatic heterocycles. The predicted molar refractivity (Wildman–Crippen MR) is 81.9 cm³/mol. The summed E-state index contributed by atoms with van der Waals surface area (Å²) in [4.78, 5) is 3.74. The topological polar surface area (TPSA) is 53.5 Å². The van der Waals surface area contributed by atoms with Crippen molar-refractivity contribution in [1.29, 1.82) is 0 Å². The first-order valence-corrected chi connectivity index (χ1v) is 8.41. The van der Waals surface area contributed by atoms with Gasteiger partial charge in [-0.1, -0.05) is 24.3 Å². The van der Waals surface area contributed by atoms with Gasteiger partial charge in [0, 0.05) is 13.1 Å². The van der Waals surface area contributed by atoms with E-state index in [1.54, 1.807) is 30.3 Å². The third kappa shape index (κ3) is 2.95. The number of anilines is 1. The van der Waals surface area contributed by atoms with Crippen LogP contribution < -0.4 is 4.31 Å². The number of halogens is 1. The van der Waals surface area contributed by atoms with Gasteiger partial charge in [-0.2, -0.15) is 17.1 Å². The van der Waals surface area contributed by atoms with Crippen LogP contribution in [0.1, 0.15) is 12.1 Å². The van der Waals surface area contributed by atoms with Gasteiger partial charge in [0.2, 0.25) is 5.95 Å². The van der Waals surface area contributed by atoms with Crippen LogP contribution in [0.2, 0.25) is 0 Å². The standard InChI is InChI=1S/C15H16FN3O2S/c16-15-9-4-6-13(17-15)12-18-10-5-11-19(22(18,20)21)14-7-2-1-3-8-14/h1-4,6-9H,5,10-12H2. The van der Waals surface area contributed by atoms with Crippen molar-refractivity contribution in [2.75, 3.05) is 17.4 Å². The number of pyridine rings is 1. The summed E-state index contributed by atoms with van der Waals surface area (Å²) in [7, 11) is -3.62. The number of aromatic nitrogens is 1. The van der Waals surface area contributed by atoms with Gasteiger partial charge in [0.1, 0.15) is 0 Å². The van der Waals surface area contributed by atoms with Crippen LogP contribution in [0.25, 0.3) is 0 Å². The van der Waals surface area contributed by atoms with Crippen molar-refractivity contribution in [3.8, 4) is 0 Å². The fraction of sp³-hybridized carbons (Fsp3) is 0.267. The maximum atomic E-state index is 13.2. The molecule has 1 fully saturated rings. The summed E-state index contributed by atoms with van der Waals surface area (Å²) in [5, 5.41) is 0. The van der Waals surface area contributed by atoms with E-state index in [2.05, 4.69) is 4.98 Å². The molecule has 2 heterocycles. The van der Waals surface area contributed by atoms with E-state index < -0.39 is 16.2 Å². The maximum absolute atomic E-state index is 13.2. The average Bonchev–Trinajstić information content (AvgIpc) is 2.50. The molecule has 0 amide bonds. The lowest BCUT2D eigenvalue weighted by Crippen LogP contribution is -2.49. The van der Waals surface area contributed by atoms with E-state index in [9.17, 15) is 12.8 Å². The summed E-state index contributed by atoms with van der Waals surface area (Å²) in [5.41, 5.74) is 1.04. The van der Waals surface area contributed by atoms with E-state index in [0.29, 0.717) is 30.9 Å². The minimum absolute atomic E-state index is 0.0728. The third-order valence-electron chi connectivity index (χ3n) is 3.53. The number of rotatable bonds is 3. The molecule has 0 aliphatic carbocycles. The SMILES string of the molecule is O=S1(=O)N(Cc2cccc(F)n2)CCCN1c1ccccc1. The predicted octanol–water partition coefficient (Wildman–Crippen LogP) is 2.18. The molecule has 5 nitrogen and oxygen atoms in total. The number of nitrogens with zero attached hydrogens (tertiary/aromatic N) is 3. The molecule has 0 radical (unpaired) electrons. The Hall–Kier alpha value is -1.99. The van der Waals surface area contributed by atoms with E-state index >= 15 is 0 Å². The fourth-order valence-electron chi connectivity index (χ4n) is 2.50. The number of benzene rings is 1. The van der Waals surface area contributed by atoms with Crippen molar-refractivity contribution >= 4 is 15.9 Å². The molecule has 3 rings (SSSR count). The van der Waals surface area contributed by atoms with Gasteiger partial charge < -0.3 is 0 Å². The second kappa shape index (κ2) is 6.02. The lowest BCUT2D eigenvalue weighted by molar-refractivity contribution is 0.375. The van der Waals surface area contributed by atoms with Gasteiger partial charge >= 0.3 is 10.2 Å². The molecule has 0 saturated carbocycles. The van der Waals surface area contributed by atoms with Crippen LogP contribution in [-0.4, -0.2) is 30.8 Å². The Kier molecular flexibility index (Phi) is 4.08. The monoisotopic (exact) mass is 321 g/mol. The third-order valence-corrected chi connectivity index (χ3v) is 5.44. The highest BCUT2D eigenvalue weighted by Gasteiger charge is 2.33. The Morgan fingerprint density at radius 3 is 2.55 bits per heavy atom. The highest BCUT2D eigenvalue weighted by molar-refractivity contribution is 7.90. The Morgan fingerprint density at radius 1 is 1.05 bits per heavy atom. The molecular weight excluding hydrogens is 305 g/mol. The molecule has 116 valence electrons. The van der Waals surface area contributed by atoms with Crippen LogP contribution in [0.15, 0.2) is 48.5 Å². The zero-order chi connectivity index (χ0) is 15.6. The smallest absolute Gasteiger partial charge is 0.258 e. The first kappa shape index (κ1) is 14.9. The maximum Gasteiger partial charge on any atom is 0.304 e. The largest absolute Gasteiger partial charge is 0.304 e. The molecule has 22 heavy (non-hydrogen) atoms. The Bertz CT molecular complexity index is 752. The number of hydrogen-bond donors (Lipinski definition) is 0.